The highest BCUT2D eigenvalue weighted by Crippen LogP contribution is 2.31. The third-order valence-electron chi connectivity index (χ3n) is 2.36. The van der Waals surface area contributed by atoms with Gasteiger partial charge in [0.15, 0.2) is 0 Å². The average Bonchev–Trinajstić information content (AvgIpc) is 2.27. The Bertz CT molecular complexity index is 521. The van der Waals surface area contributed by atoms with E-state index in [9.17, 15) is 22.8 Å². The van der Waals surface area contributed by atoms with E-state index in [1.165, 1.54) is 17.6 Å². The summed E-state index contributed by atoms with van der Waals surface area (Å²) in [5.41, 5.74) is -3.76. The summed E-state index contributed by atoms with van der Waals surface area (Å²) in [6.07, 6.45) is -3.93. The first-order valence-corrected chi connectivity index (χ1v) is 5.20. The van der Waals surface area contributed by atoms with Gasteiger partial charge in [-0.2, -0.15) is 13.2 Å². The number of nitrogens with one attached hydrogen (secondary N) is 1. The third kappa shape index (κ3) is 2.95. The monoisotopic (exact) mass is 296 g/mol. The Balaban J connectivity index is 3.10. The molecule has 104 valence electrons. The lowest BCUT2D eigenvalue weighted by molar-refractivity contribution is -0.203. The van der Waals surface area contributed by atoms with Gasteiger partial charge in [-0.15, -0.1) is 0 Å². The lowest BCUT2D eigenvalue weighted by atomic mass is 10.0. The summed E-state index contributed by atoms with van der Waals surface area (Å²) in [5.74, 6) is -3.51. The van der Waals surface area contributed by atoms with Crippen LogP contribution in [0.2, 0.25) is 5.15 Å². The van der Waals surface area contributed by atoms with Crippen LogP contribution in [-0.4, -0.2) is 33.7 Å². The van der Waals surface area contributed by atoms with E-state index in [-0.39, 0.29) is 10.7 Å². The van der Waals surface area contributed by atoms with Crippen LogP contribution in [0.4, 0.5) is 13.2 Å². The summed E-state index contributed by atoms with van der Waals surface area (Å²) in [4.78, 5) is 25.9. The van der Waals surface area contributed by atoms with Crippen molar-refractivity contribution in [3.63, 3.8) is 0 Å². The maximum Gasteiger partial charge on any atom is 0.422 e. The number of alkyl halides is 3. The Morgan fingerprint density at radius 2 is 2.00 bits per heavy atom. The molecule has 5 nitrogen and oxygen atoms in total. The zero-order valence-electron chi connectivity index (χ0n) is 9.45. The van der Waals surface area contributed by atoms with Gasteiger partial charge in [-0.1, -0.05) is 11.6 Å². The quantitative estimate of drug-likeness (QED) is 0.835. The molecule has 1 atom stereocenters. The van der Waals surface area contributed by atoms with E-state index in [0.717, 1.165) is 6.07 Å². The summed E-state index contributed by atoms with van der Waals surface area (Å²) in [6.45, 7) is 0.345. The minimum absolute atomic E-state index is 0.324. The first kappa shape index (κ1) is 15.2. The Labute approximate surface area is 110 Å². The number of halogens is 4. The number of rotatable bonds is 3. The molecular weight excluding hydrogens is 289 g/mol. The molecule has 1 rings (SSSR count). The lowest BCUT2D eigenvalue weighted by Gasteiger charge is -2.28. The number of hydrogen-bond acceptors (Lipinski definition) is 3. The van der Waals surface area contributed by atoms with Crippen LogP contribution in [-0.2, 0) is 4.79 Å². The molecule has 1 aromatic rings. The van der Waals surface area contributed by atoms with Gasteiger partial charge in [0.25, 0.3) is 5.91 Å². The molecule has 0 bridgehead atoms. The molecule has 0 fully saturated rings. The number of carbonyl (C=O) groups is 2. The molecule has 0 saturated carbocycles. The highest BCUT2D eigenvalue weighted by molar-refractivity contribution is 6.32. The molecule has 19 heavy (non-hydrogen) atoms. The fraction of sp³-hybridized carbons (Fsp3) is 0.300. The van der Waals surface area contributed by atoms with Crippen molar-refractivity contribution in [1.29, 1.82) is 0 Å². The van der Waals surface area contributed by atoms with E-state index in [1.807, 2.05) is 0 Å². The fourth-order valence-corrected chi connectivity index (χ4v) is 1.30. The Morgan fingerprint density at radius 3 is 2.42 bits per heavy atom. The van der Waals surface area contributed by atoms with Gasteiger partial charge < -0.3 is 10.4 Å². The standard InChI is InChI=1S/C10H8ClF3N2O3/c1-9(8(18)19,10(12,13)14)16-7(17)5-3-2-4-15-6(5)11/h2-4H,1H3,(H,16,17)(H,18,19). The van der Waals surface area contributed by atoms with Crippen LogP contribution in [0.15, 0.2) is 18.3 Å². The molecule has 9 heteroatoms. The Kier molecular flexibility index (Phi) is 4.04. The predicted molar refractivity (Wildman–Crippen MR) is 58.8 cm³/mol. The fourth-order valence-electron chi connectivity index (χ4n) is 1.10. The molecule has 0 aliphatic heterocycles. The number of pyridine rings is 1. The number of nitrogens with zero attached hydrogens (tertiary/aromatic N) is 1. The number of carboxylic acids is 1. The second-order valence-corrected chi connectivity index (χ2v) is 4.08. The number of aliphatic carboxylic acids is 1. The van der Waals surface area contributed by atoms with Gasteiger partial charge in [0.2, 0.25) is 5.54 Å². The molecule has 0 aliphatic rings. The van der Waals surface area contributed by atoms with E-state index >= 15 is 0 Å². The highest BCUT2D eigenvalue weighted by atomic mass is 35.5. The molecule has 2 N–H and O–H groups in total. The maximum absolute atomic E-state index is 12.7. The van der Waals surface area contributed by atoms with Crippen molar-refractivity contribution in [1.82, 2.24) is 10.3 Å². The SMILES string of the molecule is CC(NC(=O)c1cccnc1Cl)(C(=O)O)C(F)(F)F. The van der Waals surface area contributed by atoms with Gasteiger partial charge in [-0.05, 0) is 19.1 Å². The summed E-state index contributed by atoms with van der Waals surface area (Å²) < 4.78 is 38.1. The first-order valence-electron chi connectivity index (χ1n) is 4.82. The Hall–Kier alpha value is -1.83. The molecule has 0 aliphatic carbocycles. The third-order valence-corrected chi connectivity index (χ3v) is 2.66. The van der Waals surface area contributed by atoms with Crippen LogP contribution < -0.4 is 5.32 Å². The van der Waals surface area contributed by atoms with Gasteiger partial charge in [-0.25, -0.2) is 9.78 Å². The molecule has 1 amide bonds. The minimum Gasteiger partial charge on any atom is -0.479 e. The zero-order chi connectivity index (χ0) is 14.8. The minimum atomic E-state index is -5.16. The van der Waals surface area contributed by atoms with Crippen LogP contribution in [0.1, 0.15) is 17.3 Å². The second kappa shape index (κ2) is 5.04. The van der Waals surface area contributed by atoms with Crippen molar-refractivity contribution in [2.75, 3.05) is 0 Å². The number of aromatic nitrogens is 1. The van der Waals surface area contributed by atoms with Crippen molar-refractivity contribution < 1.29 is 27.9 Å². The van der Waals surface area contributed by atoms with Crippen molar-refractivity contribution in [2.24, 2.45) is 0 Å². The predicted octanol–water partition coefficient (Wildman–Crippen LogP) is 1.87. The van der Waals surface area contributed by atoms with Gasteiger partial charge in [0.1, 0.15) is 5.15 Å². The largest absolute Gasteiger partial charge is 0.479 e. The number of carbonyl (C=O) groups excluding carboxylic acids is 1. The van der Waals surface area contributed by atoms with E-state index in [2.05, 4.69) is 4.98 Å². The topological polar surface area (TPSA) is 79.3 Å². The van der Waals surface area contributed by atoms with Crippen LogP contribution >= 0.6 is 11.6 Å². The second-order valence-electron chi connectivity index (χ2n) is 3.72. The highest BCUT2D eigenvalue weighted by Gasteiger charge is 2.58. The summed E-state index contributed by atoms with van der Waals surface area (Å²) in [5, 5.41) is 9.73. The lowest BCUT2D eigenvalue weighted by Crippen LogP contribution is -2.61. The van der Waals surface area contributed by atoms with Crippen LogP contribution in [0.5, 0.6) is 0 Å². The number of amides is 1. The van der Waals surface area contributed by atoms with Crippen LogP contribution in [0.3, 0.4) is 0 Å². The first-order chi connectivity index (χ1) is 8.59. The van der Waals surface area contributed by atoms with Crippen molar-refractivity contribution in [3.05, 3.63) is 29.0 Å². The average molecular weight is 297 g/mol. The van der Waals surface area contributed by atoms with Crippen LogP contribution in [0.25, 0.3) is 0 Å². The van der Waals surface area contributed by atoms with E-state index in [4.69, 9.17) is 16.7 Å². The molecular formula is C10H8ClF3N2O3. The van der Waals surface area contributed by atoms with Gasteiger partial charge in [0.05, 0.1) is 5.56 Å². The molecule has 1 unspecified atom stereocenters. The molecule has 0 saturated heterocycles. The van der Waals surface area contributed by atoms with E-state index < -0.39 is 23.6 Å². The van der Waals surface area contributed by atoms with E-state index in [0.29, 0.717) is 6.92 Å². The van der Waals surface area contributed by atoms with Crippen molar-refractivity contribution in [2.45, 2.75) is 18.6 Å². The summed E-state index contributed by atoms with van der Waals surface area (Å²) in [7, 11) is 0. The van der Waals surface area contributed by atoms with Gasteiger partial charge in [-0.3, -0.25) is 4.79 Å². The van der Waals surface area contributed by atoms with E-state index in [1.54, 1.807) is 0 Å². The molecule has 0 aromatic carbocycles. The summed E-state index contributed by atoms with van der Waals surface area (Å²) in [6, 6.07) is 2.41. The summed E-state index contributed by atoms with van der Waals surface area (Å²) >= 11 is 5.54. The molecule has 0 spiro atoms. The smallest absolute Gasteiger partial charge is 0.422 e. The molecule has 0 radical (unpaired) electrons. The van der Waals surface area contributed by atoms with Crippen molar-refractivity contribution >= 4 is 23.5 Å². The van der Waals surface area contributed by atoms with Gasteiger partial charge in [0, 0.05) is 6.20 Å². The molecule has 1 aromatic heterocycles. The maximum atomic E-state index is 12.7. The van der Waals surface area contributed by atoms with Crippen molar-refractivity contribution in [3.8, 4) is 0 Å². The zero-order valence-corrected chi connectivity index (χ0v) is 10.2. The number of carboxylic acid groups (broad SMARTS) is 1. The normalized spacial score (nSPS) is 14.6. The number of hydrogen-bond donors (Lipinski definition) is 2. The molecule has 1 heterocycles. The Morgan fingerprint density at radius 1 is 1.42 bits per heavy atom. The van der Waals surface area contributed by atoms with Gasteiger partial charge >= 0.3 is 12.1 Å². The van der Waals surface area contributed by atoms with Crippen LogP contribution in [0, 0.1) is 0 Å².